The van der Waals surface area contributed by atoms with Gasteiger partial charge < -0.3 is 14.9 Å². The first kappa shape index (κ1) is 19.7. The number of H-pyrrole nitrogens is 1. The highest BCUT2D eigenvalue weighted by atomic mass is 32.2. The number of hydrogen-bond donors (Lipinski definition) is 2. The third-order valence-electron chi connectivity index (χ3n) is 3.60. The molecule has 0 atom stereocenters. The molecule has 144 valence electrons. The van der Waals surface area contributed by atoms with Gasteiger partial charge in [-0.3, -0.25) is 5.10 Å². The number of rotatable bonds is 7. The van der Waals surface area contributed by atoms with Crippen molar-refractivity contribution in [3.8, 4) is 6.07 Å². The number of furan rings is 1. The summed E-state index contributed by atoms with van der Waals surface area (Å²) in [6, 6.07) is 5.79. The van der Waals surface area contributed by atoms with E-state index in [1.807, 2.05) is 19.1 Å². The van der Waals surface area contributed by atoms with Crippen molar-refractivity contribution >= 4 is 46.2 Å². The summed E-state index contributed by atoms with van der Waals surface area (Å²) in [5.74, 6) is 1.95. The van der Waals surface area contributed by atoms with Gasteiger partial charge >= 0.3 is 5.97 Å². The number of esters is 1. The number of aromatic nitrogens is 3. The smallest absolute Gasteiger partial charge is 0.348 e. The van der Waals surface area contributed by atoms with E-state index in [0.717, 1.165) is 22.9 Å². The Bertz CT molecular complexity index is 1060. The van der Waals surface area contributed by atoms with Gasteiger partial charge in [-0.15, -0.1) is 16.4 Å². The lowest BCUT2D eigenvalue weighted by Crippen LogP contribution is -2.05. The summed E-state index contributed by atoms with van der Waals surface area (Å²) < 4.78 is 10.5. The Labute approximate surface area is 169 Å². The fourth-order valence-corrected chi connectivity index (χ4v) is 4.20. The summed E-state index contributed by atoms with van der Waals surface area (Å²) in [7, 11) is 0. The van der Waals surface area contributed by atoms with E-state index in [1.165, 1.54) is 11.8 Å². The largest absolute Gasteiger partial charge is 0.462 e. The van der Waals surface area contributed by atoms with E-state index in [0.29, 0.717) is 37.7 Å². The number of carbonyl (C=O) groups excluding carboxylic acids is 1. The van der Waals surface area contributed by atoms with Gasteiger partial charge in [0, 0.05) is 11.3 Å². The van der Waals surface area contributed by atoms with E-state index in [-0.39, 0.29) is 6.61 Å². The molecule has 0 amide bonds. The highest BCUT2D eigenvalue weighted by molar-refractivity contribution is 7.98. The van der Waals surface area contributed by atoms with Gasteiger partial charge in [0.15, 0.2) is 0 Å². The first-order chi connectivity index (χ1) is 13.5. The van der Waals surface area contributed by atoms with Crippen LogP contribution in [0.25, 0.3) is 12.2 Å². The van der Waals surface area contributed by atoms with E-state index >= 15 is 0 Å². The number of aromatic amines is 1. The standard InChI is InChI=1S/C18H17N5O3S2/c1-3-25-17(24)15-13(12(8-19)16(20)28-15)9-27-18-21-14(22-23-18)7-6-11-5-4-10(2)26-11/h4-7H,3,9,20H2,1-2H3,(H,21,22,23)/b7-6+. The van der Waals surface area contributed by atoms with Crippen molar-refractivity contribution in [2.45, 2.75) is 24.8 Å². The lowest BCUT2D eigenvalue weighted by Gasteiger charge is -2.02. The van der Waals surface area contributed by atoms with Crippen molar-refractivity contribution in [1.29, 1.82) is 5.26 Å². The number of ether oxygens (including phenoxy) is 1. The summed E-state index contributed by atoms with van der Waals surface area (Å²) in [4.78, 5) is 16.8. The number of hydrogen-bond acceptors (Lipinski definition) is 9. The molecule has 0 aromatic carbocycles. The number of carbonyl (C=O) groups is 1. The lowest BCUT2D eigenvalue weighted by atomic mass is 10.2. The number of thiophene rings is 1. The van der Waals surface area contributed by atoms with Crippen LogP contribution in [0, 0.1) is 18.3 Å². The van der Waals surface area contributed by atoms with Crippen LogP contribution < -0.4 is 5.73 Å². The van der Waals surface area contributed by atoms with Gasteiger partial charge in [0.2, 0.25) is 5.16 Å². The Kier molecular flexibility index (Phi) is 6.18. The number of nitriles is 1. The molecule has 0 fully saturated rings. The SMILES string of the molecule is CCOC(=O)c1sc(N)c(C#N)c1CSc1n[nH]c(/C=C/c2ccc(C)o2)n1. The third kappa shape index (κ3) is 4.44. The molecule has 3 rings (SSSR count). The second-order valence-electron chi connectivity index (χ2n) is 5.55. The minimum atomic E-state index is -0.483. The number of thioether (sulfide) groups is 1. The maximum atomic E-state index is 12.1. The normalized spacial score (nSPS) is 11.0. The highest BCUT2D eigenvalue weighted by Gasteiger charge is 2.23. The fourth-order valence-electron chi connectivity index (χ4n) is 2.34. The maximum Gasteiger partial charge on any atom is 0.348 e. The predicted octanol–water partition coefficient (Wildman–Crippen LogP) is 3.86. The number of nitrogens with two attached hydrogens (primary N) is 1. The van der Waals surface area contributed by atoms with Crippen molar-refractivity contribution in [3.63, 3.8) is 0 Å². The number of nitrogen functional groups attached to an aromatic ring is 1. The van der Waals surface area contributed by atoms with Crippen molar-refractivity contribution in [1.82, 2.24) is 15.2 Å². The summed E-state index contributed by atoms with van der Waals surface area (Å²) in [6.07, 6.45) is 3.54. The zero-order valence-electron chi connectivity index (χ0n) is 15.2. The van der Waals surface area contributed by atoms with Gasteiger partial charge in [-0.1, -0.05) is 11.8 Å². The predicted molar refractivity (Wildman–Crippen MR) is 108 cm³/mol. The second kappa shape index (κ2) is 8.77. The molecule has 0 saturated carbocycles. The zero-order valence-corrected chi connectivity index (χ0v) is 16.8. The number of anilines is 1. The molecule has 0 saturated heterocycles. The first-order valence-corrected chi connectivity index (χ1v) is 10.1. The molecule has 0 aliphatic heterocycles. The molecule has 3 heterocycles. The minimum Gasteiger partial charge on any atom is -0.462 e. The molecular formula is C18H17N5O3S2. The van der Waals surface area contributed by atoms with Gasteiger partial charge in [-0.05, 0) is 38.1 Å². The highest BCUT2D eigenvalue weighted by Crippen LogP contribution is 2.35. The average molecular weight is 416 g/mol. The number of nitrogens with one attached hydrogen (secondary N) is 1. The summed E-state index contributed by atoms with van der Waals surface area (Å²) in [5.41, 5.74) is 6.72. The third-order valence-corrected chi connectivity index (χ3v) is 5.52. The first-order valence-electron chi connectivity index (χ1n) is 8.29. The van der Waals surface area contributed by atoms with Crippen LogP contribution in [0.2, 0.25) is 0 Å². The van der Waals surface area contributed by atoms with Crippen LogP contribution in [0.15, 0.2) is 21.7 Å². The Morgan fingerprint density at radius 2 is 2.32 bits per heavy atom. The molecule has 28 heavy (non-hydrogen) atoms. The quantitative estimate of drug-likeness (QED) is 0.439. The minimum absolute atomic E-state index is 0.247. The molecule has 0 aliphatic rings. The molecule has 0 bridgehead atoms. The Morgan fingerprint density at radius 3 is 3.00 bits per heavy atom. The van der Waals surface area contributed by atoms with Crippen molar-refractivity contribution in [2.24, 2.45) is 0 Å². The van der Waals surface area contributed by atoms with Gasteiger partial charge in [0.25, 0.3) is 0 Å². The Hall–Kier alpha value is -3.03. The van der Waals surface area contributed by atoms with E-state index < -0.39 is 5.97 Å². The van der Waals surface area contributed by atoms with E-state index in [1.54, 1.807) is 19.1 Å². The van der Waals surface area contributed by atoms with Crippen LogP contribution in [0.1, 0.15) is 45.1 Å². The topological polar surface area (TPSA) is 131 Å². The van der Waals surface area contributed by atoms with Crippen LogP contribution in [-0.4, -0.2) is 27.8 Å². The molecular weight excluding hydrogens is 398 g/mol. The fraction of sp³-hybridized carbons (Fsp3) is 0.222. The maximum absolute atomic E-state index is 12.1. The monoisotopic (exact) mass is 415 g/mol. The molecule has 0 aliphatic carbocycles. The molecule has 0 unspecified atom stereocenters. The average Bonchev–Trinajstić information content (AvgIpc) is 3.37. The van der Waals surface area contributed by atoms with E-state index in [2.05, 4.69) is 21.3 Å². The number of aryl methyl sites for hydroxylation is 1. The summed E-state index contributed by atoms with van der Waals surface area (Å²) >= 11 is 2.35. The van der Waals surface area contributed by atoms with Gasteiger partial charge in [0.05, 0.1) is 12.2 Å². The van der Waals surface area contributed by atoms with Crippen molar-refractivity contribution in [3.05, 3.63) is 45.5 Å². The van der Waals surface area contributed by atoms with Gasteiger partial charge in [-0.2, -0.15) is 5.26 Å². The van der Waals surface area contributed by atoms with Gasteiger partial charge in [-0.25, -0.2) is 9.78 Å². The van der Waals surface area contributed by atoms with Crippen LogP contribution in [0.5, 0.6) is 0 Å². The lowest BCUT2D eigenvalue weighted by molar-refractivity contribution is 0.0531. The van der Waals surface area contributed by atoms with Crippen LogP contribution in [-0.2, 0) is 10.5 Å². The van der Waals surface area contributed by atoms with Crippen LogP contribution in [0.3, 0.4) is 0 Å². The Morgan fingerprint density at radius 1 is 1.50 bits per heavy atom. The molecule has 0 radical (unpaired) electrons. The Balaban J connectivity index is 1.72. The molecule has 3 aromatic rings. The molecule has 3 aromatic heterocycles. The molecule has 10 heteroatoms. The molecule has 3 N–H and O–H groups in total. The van der Waals surface area contributed by atoms with E-state index in [9.17, 15) is 10.1 Å². The van der Waals surface area contributed by atoms with Crippen LogP contribution >= 0.6 is 23.1 Å². The number of nitrogens with zero attached hydrogens (tertiary/aromatic N) is 3. The molecule has 8 nitrogen and oxygen atoms in total. The summed E-state index contributed by atoms with van der Waals surface area (Å²) in [6.45, 7) is 3.84. The zero-order chi connectivity index (χ0) is 20.1. The molecule has 0 spiro atoms. The van der Waals surface area contributed by atoms with Gasteiger partial charge in [0.1, 0.15) is 33.3 Å². The van der Waals surface area contributed by atoms with Crippen molar-refractivity contribution < 1.29 is 13.9 Å². The van der Waals surface area contributed by atoms with E-state index in [4.69, 9.17) is 14.9 Å². The van der Waals surface area contributed by atoms with Crippen LogP contribution in [0.4, 0.5) is 5.00 Å². The second-order valence-corrected chi connectivity index (χ2v) is 7.55. The summed E-state index contributed by atoms with van der Waals surface area (Å²) in [5, 5.41) is 17.1. The van der Waals surface area contributed by atoms with Crippen molar-refractivity contribution in [2.75, 3.05) is 12.3 Å².